The van der Waals surface area contributed by atoms with Gasteiger partial charge in [0.05, 0.1) is 39.0 Å². The molecule has 6 aromatic heterocycles. The molecule has 2 aliphatic heterocycles. The average molecular weight is 883 g/mol. The largest absolute Gasteiger partial charge is 0.494 e. The standard InChI is InChI=1S/C20H22FN9O.C12H12ClN5O.C8H11FN4/c1-31-15-4-2-3-14-17(15)26-19(22)30-18(14)25-16(27-30)5-6-28-7-9-29(10-8-28)20-23-11-13(21)12-24-20;1-19-8-4-2-3-7-10(8)16-12(14)18-11(7)15-9(17-18)5-6-13;9-7-5-11-8(12-6-7)13-3-1-10-2-4-13/h2-4,11-12H,5-10H2,1H3,(H2,22,26);2-4H,5-6H2,1H3,(H2,14,16);5-6,10H,1-4H2. The van der Waals surface area contributed by atoms with Gasteiger partial charge in [0, 0.05) is 88.4 Å². The number of nitrogens with two attached hydrogens (primary N) is 2. The van der Waals surface area contributed by atoms with Gasteiger partial charge < -0.3 is 36.1 Å². The van der Waals surface area contributed by atoms with Crippen molar-refractivity contribution < 1.29 is 18.3 Å². The van der Waals surface area contributed by atoms with Gasteiger partial charge in [-0.05, 0) is 24.3 Å². The van der Waals surface area contributed by atoms with Crippen LogP contribution in [-0.4, -0.2) is 143 Å². The second-order valence-electron chi connectivity index (χ2n) is 14.3. The summed E-state index contributed by atoms with van der Waals surface area (Å²) in [5.41, 5.74) is 14.7. The summed E-state index contributed by atoms with van der Waals surface area (Å²) in [4.78, 5) is 40.3. The Kier molecular flexibility index (Phi) is 13.2. The molecule has 0 saturated carbocycles. The predicted octanol–water partition coefficient (Wildman–Crippen LogP) is 2.84. The highest BCUT2D eigenvalue weighted by atomic mass is 35.5. The van der Waals surface area contributed by atoms with Gasteiger partial charge in [0.1, 0.15) is 22.5 Å². The van der Waals surface area contributed by atoms with E-state index in [2.05, 4.69) is 60.2 Å². The van der Waals surface area contributed by atoms with Gasteiger partial charge in [0.2, 0.25) is 23.8 Å². The van der Waals surface area contributed by atoms with Gasteiger partial charge in [-0.1, -0.05) is 12.1 Å². The van der Waals surface area contributed by atoms with Crippen molar-refractivity contribution in [3.63, 3.8) is 0 Å². The van der Waals surface area contributed by atoms with Crippen LogP contribution in [0.5, 0.6) is 11.5 Å². The van der Waals surface area contributed by atoms with Gasteiger partial charge in [0.15, 0.2) is 34.6 Å². The summed E-state index contributed by atoms with van der Waals surface area (Å²) in [6.45, 7) is 7.73. The Morgan fingerprint density at radius 3 is 1.56 bits per heavy atom. The molecule has 0 bridgehead atoms. The van der Waals surface area contributed by atoms with Crippen LogP contribution in [0.2, 0.25) is 0 Å². The van der Waals surface area contributed by atoms with Gasteiger partial charge >= 0.3 is 0 Å². The number of rotatable bonds is 9. The first-order chi connectivity index (χ1) is 30.7. The predicted molar refractivity (Wildman–Crippen MR) is 234 cm³/mol. The first-order valence-corrected chi connectivity index (χ1v) is 20.7. The molecule has 2 fully saturated rings. The molecular weight excluding hydrogens is 838 g/mol. The lowest BCUT2D eigenvalue weighted by Crippen LogP contribution is -2.47. The monoisotopic (exact) mass is 882 g/mol. The van der Waals surface area contributed by atoms with Gasteiger partial charge in [-0.25, -0.2) is 48.7 Å². The topological polar surface area (TPSA) is 230 Å². The van der Waals surface area contributed by atoms with Crippen molar-refractivity contribution in [2.45, 2.75) is 12.8 Å². The van der Waals surface area contributed by atoms with Crippen LogP contribution in [0.15, 0.2) is 61.2 Å². The zero-order valence-corrected chi connectivity index (χ0v) is 35.3. The minimum atomic E-state index is -0.426. The SMILES string of the molecule is COc1cccc2c1nc(N)n1nc(CCCl)nc21.COc1cccc2c1nc(N)n1nc(CCN3CCN(c4ncc(F)cn4)CC3)nc21.Fc1cnc(N2CCNCC2)nc1. The number of halogens is 3. The van der Waals surface area contributed by atoms with Crippen molar-refractivity contribution >= 4 is 68.5 Å². The molecule has 0 radical (unpaired) electrons. The fraction of sp³-hybridized carbons (Fsp3) is 0.350. The highest BCUT2D eigenvalue weighted by Crippen LogP contribution is 2.29. The normalized spacial score (nSPS) is 14.4. The fourth-order valence-corrected chi connectivity index (χ4v) is 7.36. The second kappa shape index (κ2) is 19.4. The summed E-state index contributed by atoms with van der Waals surface area (Å²) in [6, 6.07) is 11.3. The molecule has 2 saturated heterocycles. The van der Waals surface area contributed by atoms with Crippen molar-refractivity contribution in [2.75, 3.05) is 100 Å². The third-order valence-corrected chi connectivity index (χ3v) is 10.5. The van der Waals surface area contributed by atoms with Crippen LogP contribution in [0.4, 0.5) is 32.6 Å². The first-order valence-electron chi connectivity index (χ1n) is 20.1. The second-order valence-corrected chi connectivity index (χ2v) is 14.7. The molecule has 63 heavy (non-hydrogen) atoms. The van der Waals surface area contributed by atoms with Crippen molar-refractivity contribution in [1.29, 1.82) is 0 Å². The quantitative estimate of drug-likeness (QED) is 0.177. The molecule has 328 valence electrons. The Balaban J connectivity index is 0.000000144. The molecule has 10 rings (SSSR count). The van der Waals surface area contributed by atoms with Crippen molar-refractivity contribution in [2.24, 2.45) is 0 Å². The average Bonchev–Trinajstić information content (AvgIpc) is 3.96. The number of para-hydroxylation sites is 2. The Labute approximate surface area is 364 Å². The minimum Gasteiger partial charge on any atom is -0.494 e. The number of hydrogen-bond donors (Lipinski definition) is 3. The summed E-state index contributed by atoms with van der Waals surface area (Å²) in [7, 11) is 3.20. The van der Waals surface area contributed by atoms with E-state index in [1.54, 1.807) is 18.7 Å². The van der Waals surface area contributed by atoms with Gasteiger partial charge in [-0.2, -0.15) is 9.03 Å². The molecule has 8 aromatic rings. The molecule has 0 amide bonds. The van der Waals surface area contributed by atoms with Gasteiger partial charge in [-0.3, -0.25) is 4.90 Å². The van der Waals surface area contributed by atoms with Crippen LogP contribution in [0.25, 0.3) is 33.1 Å². The molecule has 0 unspecified atom stereocenters. The van der Waals surface area contributed by atoms with Gasteiger partial charge in [0.25, 0.3) is 0 Å². The number of nitrogens with one attached hydrogen (secondary N) is 1. The van der Waals surface area contributed by atoms with E-state index in [1.807, 2.05) is 41.3 Å². The number of nitrogens with zero attached hydrogens (tertiary/aromatic N) is 15. The highest BCUT2D eigenvalue weighted by Gasteiger charge is 2.21. The molecule has 20 nitrogen and oxygen atoms in total. The number of anilines is 4. The molecule has 23 heteroatoms. The van der Waals surface area contributed by atoms with Crippen LogP contribution in [0, 0.1) is 11.6 Å². The van der Waals surface area contributed by atoms with Crippen molar-refractivity contribution in [1.82, 2.24) is 69.3 Å². The summed E-state index contributed by atoms with van der Waals surface area (Å²) in [5, 5.41) is 13.8. The Morgan fingerprint density at radius 2 is 1.10 bits per heavy atom. The van der Waals surface area contributed by atoms with E-state index in [-0.39, 0.29) is 17.7 Å². The minimum absolute atomic E-state index is 0.277. The van der Waals surface area contributed by atoms with Crippen LogP contribution in [0.3, 0.4) is 0 Å². The molecule has 5 N–H and O–H groups in total. The molecule has 0 atom stereocenters. The van der Waals surface area contributed by atoms with E-state index in [9.17, 15) is 8.78 Å². The molecular formula is C40H45ClF2N18O2. The van der Waals surface area contributed by atoms with E-state index < -0.39 is 5.82 Å². The lowest BCUT2D eigenvalue weighted by Gasteiger charge is -2.34. The number of methoxy groups -OCH3 is 2. The first kappa shape index (κ1) is 42.8. The number of ether oxygens (including phenoxy) is 2. The van der Waals surface area contributed by atoms with Crippen LogP contribution in [0.1, 0.15) is 11.6 Å². The molecule has 8 heterocycles. The maximum atomic E-state index is 13.0. The van der Waals surface area contributed by atoms with Gasteiger partial charge in [-0.15, -0.1) is 21.8 Å². The summed E-state index contributed by atoms with van der Waals surface area (Å²) in [5.74, 6) is 4.06. The lowest BCUT2D eigenvalue weighted by atomic mass is 10.2. The lowest BCUT2D eigenvalue weighted by molar-refractivity contribution is 0.258. The Hall–Kier alpha value is -6.91. The number of aromatic nitrogens is 12. The molecule has 0 spiro atoms. The van der Waals surface area contributed by atoms with E-state index in [1.165, 1.54) is 29.3 Å². The fourth-order valence-electron chi connectivity index (χ4n) is 7.20. The van der Waals surface area contributed by atoms with Crippen LogP contribution in [-0.2, 0) is 12.8 Å². The Morgan fingerprint density at radius 1 is 0.635 bits per heavy atom. The Bertz CT molecular complexity index is 2800. The summed E-state index contributed by atoms with van der Waals surface area (Å²) < 4.78 is 39.3. The maximum absolute atomic E-state index is 13.0. The van der Waals surface area contributed by atoms with E-state index in [0.29, 0.717) is 76.1 Å². The van der Waals surface area contributed by atoms with Crippen molar-refractivity contribution in [3.8, 4) is 11.5 Å². The zero-order valence-electron chi connectivity index (χ0n) is 34.6. The number of alkyl halides is 1. The van der Waals surface area contributed by atoms with Crippen LogP contribution < -0.4 is 36.1 Å². The number of fused-ring (bicyclic) bond motifs is 6. The molecule has 0 aliphatic carbocycles. The number of benzene rings is 2. The molecule has 2 aliphatic rings. The van der Waals surface area contributed by atoms with Crippen LogP contribution >= 0.6 is 11.6 Å². The van der Waals surface area contributed by atoms with E-state index in [0.717, 1.165) is 69.7 Å². The molecule has 2 aromatic carbocycles. The zero-order chi connectivity index (χ0) is 43.9. The number of nitrogen functional groups attached to an aromatic ring is 2. The third-order valence-electron chi connectivity index (χ3n) is 10.3. The summed E-state index contributed by atoms with van der Waals surface area (Å²) in [6.07, 6.45) is 6.08. The number of hydrogen-bond acceptors (Lipinski definition) is 18. The smallest absolute Gasteiger partial charge is 0.225 e. The third kappa shape index (κ3) is 9.61. The maximum Gasteiger partial charge on any atom is 0.225 e. The number of piperazine rings is 2. The van der Waals surface area contributed by atoms with E-state index in [4.69, 9.17) is 37.5 Å². The summed E-state index contributed by atoms with van der Waals surface area (Å²) >= 11 is 5.71. The number of aryl methyl sites for hydroxylation is 1. The highest BCUT2D eigenvalue weighted by molar-refractivity contribution is 6.17. The van der Waals surface area contributed by atoms with E-state index >= 15 is 0 Å². The van der Waals surface area contributed by atoms with Crippen molar-refractivity contribution in [3.05, 3.63) is 84.5 Å².